The highest BCUT2D eigenvalue weighted by molar-refractivity contribution is 5.18. The number of hydrogen-bond donors (Lipinski definition) is 0. The molecule has 0 bridgehead atoms. The second-order valence-electron chi connectivity index (χ2n) is 4.09. The van der Waals surface area contributed by atoms with E-state index in [4.69, 9.17) is 4.74 Å². The second-order valence-corrected chi connectivity index (χ2v) is 4.09. The lowest BCUT2D eigenvalue weighted by Crippen LogP contribution is -2.31. The van der Waals surface area contributed by atoms with Gasteiger partial charge in [0.25, 0.3) is 0 Å². The smallest absolute Gasteiger partial charge is 0.0639 e. The zero-order valence-electron chi connectivity index (χ0n) is 8.85. The molecule has 70 valence electrons. The van der Waals surface area contributed by atoms with Gasteiger partial charge in [0.05, 0.1) is 6.10 Å². The summed E-state index contributed by atoms with van der Waals surface area (Å²) in [5.41, 5.74) is 3.09. The van der Waals surface area contributed by atoms with Gasteiger partial charge in [-0.1, -0.05) is 25.0 Å². The van der Waals surface area contributed by atoms with Crippen molar-refractivity contribution in [3.63, 3.8) is 0 Å². The van der Waals surface area contributed by atoms with Crippen LogP contribution in [0.5, 0.6) is 0 Å². The van der Waals surface area contributed by atoms with Crippen molar-refractivity contribution in [3.8, 4) is 0 Å². The number of allylic oxidation sites excluding steroid dienone is 1. The molecular formula is C11H20O. The minimum Gasteiger partial charge on any atom is -0.381 e. The van der Waals surface area contributed by atoms with Crippen LogP contribution in [-0.2, 0) is 4.74 Å². The lowest BCUT2D eigenvalue weighted by Gasteiger charge is -2.35. The number of ether oxygens (including phenoxy) is 1. The Morgan fingerprint density at radius 2 is 1.83 bits per heavy atom. The lowest BCUT2D eigenvalue weighted by atomic mass is 9.76. The molecule has 1 nitrogen and oxygen atoms in total. The fourth-order valence-corrected chi connectivity index (χ4v) is 2.05. The van der Waals surface area contributed by atoms with Gasteiger partial charge in [0, 0.05) is 7.11 Å². The van der Waals surface area contributed by atoms with Gasteiger partial charge in [-0.15, -0.1) is 0 Å². The van der Waals surface area contributed by atoms with Crippen LogP contribution in [0.4, 0.5) is 0 Å². The minimum absolute atomic E-state index is 0.434. The molecule has 1 heteroatoms. The summed E-state index contributed by atoms with van der Waals surface area (Å²) in [4.78, 5) is 0. The van der Waals surface area contributed by atoms with E-state index >= 15 is 0 Å². The van der Waals surface area contributed by atoms with Crippen molar-refractivity contribution >= 4 is 0 Å². The van der Waals surface area contributed by atoms with Crippen molar-refractivity contribution in [2.24, 2.45) is 11.8 Å². The first-order valence-electron chi connectivity index (χ1n) is 4.77. The monoisotopic (exact) mass is 168 g/mol. The van der Waals surface area contributed by atoms with Crippen molar-refractivity contribution < 1.29 is 4.74 Å². The Labute approximate surface area is 75.8 Å². The number of methoxy groups -OCH3 is 1. The van der Waals surface area contributed by atoms with Gasteiger partial charge in [0.2, 0.25) is 0 Å². The highest BCUT2D eigenvalue weighted by atomic mass is 16.5. The molecule has 0 aromatic carbocycles. The van der Waals surface area contributed by atoms with Gasteiger partial charge in [-0.3, -0.25) is 0 Å². The first-order valence-corrected chi connectivity index (χ1v) is 4.77. The van der Waals surface area contributed by atoms with E-state index in [9.17, 15) is 0 Å². The Bertz CT molecular complexity index is 193. The summed E-state index contributed by atoms with van der Waals surface area (Å²) in [6.45, 7) is 9.07. The molecule has 1 aliphatic carbocycles. The van der Waals surface area contributed by atoms with E-state index in [1.165, 1.54) is 5.57 Å². The van der Waals surface area contributed by atoms with Gasteiger partial charge in [0.15, 0.2) is 0 Å². The summed E-state index contributed by atoms with van der Waals surface area (Å²) >= 11 is 0. The van der Waals surface area contributed by atoms with Crippen molar-refractivity contribution in [2.75, 3.05) is 7.11 Å². The largest absolute Gasteiger partial charge is 0.381 e. The van der Waals surface area contributed by atoms with Crippen LogP contribution in [-0.4, -0.2) is 13.2 Å². The first-order chi connectivity index (χ1) is 5.57. The van der Waals surface area contributed by atoms with E-state index < -0.39 is 0 Å². The molecule has 12 heavy (non-hydrogen) atoms. The summed E-state index contributed by atoms with van der Waals surface area (Å²) in [7, 11) is 1.82. The Hall–Kier alpha value is -0.300. The summed E-state index contributed by atoms with van der Waals surface area (Å²) in [6, 6.07) is 0. The van der Waals surface area contributed by atoms with Crippen LogP contribution in [0.3, 0.4) is 0 Å². The van der Waals surface area contributed by atoms with Crippen LogP contribution in [0.15, 0.2) is 11.1 Å². The van der Waals surface area contributed by atoms with Gasteiger partial charge in [-0.25, -0.2) is 0 Å². The van der Waals surface area contributed by atoms with Crippen molar-refractivity contribution in [3.05, 3.63) is 11.1 Å². The number of hydrogen-bond acceptors (Lipinski definition) is 1. The molecule has 0 saturated heterocycles. The van der Waals surface area contributed by atoms with E-state index in [1.54, 1.807) is 5.57 Å². The normalized spacial score (nSPS) is 37.2. The van der Waals surface area contributed by atoms with E-state index in [2.05, 4.69) is 27.7 Å². The van der Waals surface area contributed by atoms with Crippen molar-refractivity contribution in [1.82, 2.24) is 0 Å². The zero-order valence-corrected chi connectivity index (χ0v) is 8.85. The topological polar surface area (TPSA) is 9.23 Å². The van der Waals surface area contributed by atoms with Gasteiger partial charge in [-0.05, 0) is 32.1 Å². The minimum atomic E-state index is 0.434. The molecule has 0 amide bonds. The summed E-state index contributed by atoms with van der Waals surface area (Å²) in [5, 5.41) is 0. The van der Waals surface area contributed by atoms with E-state index in [0.29, 0.717) is 17.9 Å². The molecule has 0 saturated carbocycles. The van der Waals surface area contributed by atoms with Crippen LogP contribution >= 0.6 is 0 Å². The molecule has 3 atom stereocenters. The van der Waals surface area contributed by atoms with Crippen molar-refractivity contribution in [1.29, 1.82) is 0 Å². The van der Waals surface area contributed by atoms with Crippen LogP contribution < -0.4 is 0 Å². The Morgan fingerprint density at radius 1 is 1.25 bits per heavy atom. The summed E-state index contributed by atoms with van der Waals surface area (Å²) in [5.74, 6) is 1.35. The molecule has 0 aromatic rings. The molecule has 0 heterocycles. The summed E-state index contributed by atoms with van der Waals surface area (Å²) in [6.07, 6.45) is 1.55. The maximum Gasteiger partial charge on any atom is 0.0639 e. The van der Waals surface area contributed by atoms with Crippen molar-refractivity contribution in [2.45, 2.75) is 40.2 Å². The Balaban J connectivity index is 2.83. The summed E-state index contributed by atoms with van der Waals surface area (Å²) < 4.78 is 5.46. The molecule has 0 fully saturated rings. The Kier molecular flexibility index (Phi) is 2.94. The van der Waals surface area contributed by atoms with E-state index in [1.807, 2.05) is 7.11 Å². The SMILES string of the molecule is COC1CC(C)=C(C)C(C)C1C. The standard InChI is InChI=1S/C11H20O/c1-7-6-11(12-5)10(4)9(3)8(7)2/h9-11H,6H2,1-5H3. The Morgan fingerprint density at radius 3 is 2.33 bits per heavy atom. The van der Waals surface area contributed by atoms with Crippen LogP contribution in [0.25, 0.3) is 0 Å². The fourth-order valence-electron chi connectivity index (χ4n) is 2.05. The quantitative estimate of drug-likeness (QED) is 0.547. The molecule has 0 N–H and O–H groups in total. The predicted octanol–water partition coefficient (Wildman–Crippen LogP) is 3.01. The predicted molar refractivity (Wildman–Crippen MR) is 52.1 cm³/mol. The number of rotatable bonds is 1. The highest BCUT2D eigenvalue weighted by Gasteiger charge is 2.29. The molecule has 1 rings (SSSR count). The fraction of sp³-hybridized carbons (Fsp3) is 0.818. The van der Waals surface area contributed by atoms with Gasteiger partial charge in [-0.2, -0.15) is 0 Å². The molecule has 0 aromatic heterocycles. The third kappa shape index (κ3) is 1.56. The molecule has 0 spiro atoms. The highest BCUT2D eigenvalue weighted by Crippen LogP contribution is 2.35. The molecule has 3 unspecified atom stereocenters. The third-order valence-corrected chi connectivity index (χ3v) is 3.54. The van der Waals surface area contributed by atoms with Crippen LogP contribution in [0, 0.1) is 11.8 Å². The van der Waals surface area contributed by atoms with Gasteiger partial charge >= 0.3 is 0 Å². The molecule has 1 aliphatic rings. The maximum atomic E-state index is 5.46. The first kappa shape index (κ1) is 9.79. The van der Waals surface area contributed by atoms with Gasteiger partial charge < -0.3 is 4.74 Å². The maximum absolute atomic E-state index is 5.46. The van der Waals surface area contributed by atoms with Gasteiger partial charge in [0.1, 0.15) is 0 Å². The van der Waals surface area contributed by atoms with Crippen LogP contribution in [0.1, 0.15) is 34.1 Å². The van der Waals surface area contributed by atoms with E-state index in [-0.39, 0.29) is 0 Å². The average molecular weight is 168 g/mol. The zero-order chi connectivity index (χ0) is 9.30. The second kappa shape index (κ2) is 3.61. The molecule has 0 radical (unpaired) electrons. The van der Waals surface area contributed by atoms with Crippen LogP contribution in [0.2, 0.25) is 0 Å². The molecular weight excluding hydrogens is 148 g/mol. The third-order valence-electron chi connectivity index (χ3n) is 3.54. The van der Waals surface area contributed by atoms with E-state index in [0.717, 1.165) is 6.42 Å². The molecule has 0 aliphatic heterocycles. The average Bonchev–Trinajstić information content (AvgIpc) is 2.08. The lowest BCUT2D eigenvalue weighted by molar-refractivity contribution is 0.0367.